The van der Waals surface area contributed by atoms with Crippen molar-refractivity contribution in [2.75, 3.05) is 0 Å². The van der Waals surface area contributed by atoms with Gasteiger partial charge in [0.2, 0.25) is 0 Å². The molecule has 0 bridgehead atoms. The molecule has 0 fully saturated rings. The molecule has 1 heterocycles. The number of benzene rings is 1. The van der Waals surface area contributed by atoms with Crippen LogP contribution < -0.4 is 5.73 Å². The van der Waals surface area contributed by atoms with Crippen LogP contribution in [0.15, 0.2) is 24.3 Å². The van der Waals surface area contributed by atoms with Gasteiger partial charge in [-0.25, -0.2) is 9.48 Å². The molecule has 100 valence electrons. The van der Waals surface area contributed by atoms with Crippen LogP contribution in [-0.2, 0) is 11.3 Å². The average Bonchev–Trinajstić information content (AvgIpc) is 2.74. The van der Waals surface area contributed by atoms with E-state index in [4.69, 9.17) is 22.1 Å². The van der Waals surface area contributed by atoms with Crippen LogP contribution in [0.5, 0.6) is 0 Å². The maximum atomic E-state index is 11.0. The summed E-state index contributed by atoms with van der Waals surface area (Å²) in [5, 5.41) is 11.6. The van der Waals surface area contributed by atoms with E-state index in [-0.39, 0.29) is 6.54 Å². The number of ether oxygens (including phenoxy) is 1. The third kappa shape index (κ3) is 3.19. The summed E-state index contributed by atoms with van der Waals surface area (Å²) >= 11 is 6.09. The van der Waals surface area contributed by atoms with Gasteiger partial charge in [-0.05, 0) is 23.4 Å². The lowest BCUT2D eigenvalue weighted by molar-refractivity contribution is 0.0926. The molecule has 1 aromatic carbocycles. The number of aromatic nitrogens is 4. The summed E-state index contributed by atoms with van der Waals surface area (Å²) in [6, 6.07) is 7.05. The Morgan fingerprint density at radius 2 is 2.26 bits per heavy atom. The summed E-state index contributed by atoms with van der Waals surface area (Å²) in [6.07, 6.45) is -1.52. The van der Waals surface area contributed by atoms with Crippen LogP contribution in [0.1, 0.15) is 17.5 Å². The van der Waals surface area contributed by atoms with E-state index in [0.29, 0.717) is 16.4 Å². The number of nitrogens with two attached hydrogens (primary N) is 1. The number of rotatable bonds is 4. The van der Waals surface area contributed by atoms with Crippen molar-refractivity contribution in [3.8, 4) is 0 Å². The lowest BCUT2D eigenvalue weighted by atomic mass is 10.1. The molecule has 0 aliphatic rings. The molecule has 0 saturated heterocycles. The number of tetrazole rings is 1. The minimum Gasteiger partial charge on any atom is -0.439 e. The maximum Gasteiger partial charge on any atom is 0.405 e. The lowest BCUT2D eigenvalue weighted by Crippen LogP contribution is -2.22. The topological polar surface area (TPSA) is 95.9 Å². The predicted molar refractivity (Wildman–Crippen MR) is 67.4 cm³/mol. The Labute approximate surface area is 114 Å². The Morgan fingerprint density at radius 3 is 2.84 bits per heavy atom. The number of aryl methyl sites for hydroxylation is 1. The van der Waals surface area contributed by atoms with E-state index in [2.05, 4.69) is 15.5 Å². The molecule has 1 unspecified atom stereocenters. The molecular formula is C11H12ClN5O2. The Balaban J connectivity index is 2.29. The largest absolute Gasteiger partial charge is 0.439 e. The highest BCUT2D eigenvalue weighted by atomic mass is 35.5. The molecule has 8 heteroatoms. The highest BCUT2D eigenvalue weighted by molar-refractivity contribution is 6.31. The van der Waals surface area contributed by atoms with Gasteiger partial charge in [0.05, 0.1) is 6.54 Å². The quantitative estimate of drug-likeness (QED) is 0.915. The molecule has 0 aliphatic carbocycles. The summed E-state index contributed by atoms with van der Waals surface area (Å²) in [5.74, 6) is 0.602. The lowest BCUT2D eigenvalue weighted by Gasteiger charge is -2.18. The van der Waals surface area contributed by atoms with Crippen molar-refractivity contribution in [3.63, 3.8) is 0 Å². The van der Waals surface area contributed by atoms with E-state index in [9.17, 15) is 4.79 Å². The molecule has 1 amide bonds. The fourth-order valence-corrected chi connectivity index (χ4v) is 1.91. The molecular weight excluding hydrogens is 270 g/mol. The first-order chi connectivity index (χ1) is 9.08. The summed E-state index contributed by atoms with van der Waals surface area (Å²) in [5.41, 5.74) is 5.73. The molecule has 2 aromatic rings. The molecule has 0 aliphatic heterocycles. The summed E-state index contributed by atoms with van der Waals surface area (Å²) in [7, 11) is 0. The van der Waals surface area contributed by atoms with Crippen LogP contribution in [0.25, 0.3) is 0 Å². The monoisotopic (exact) mass is 281 g/mol. The van der Waals surface area contributed by atoms with Crippen molar-refractivity contribution in [2.24, 2.45) is 5.73 Å². The Hall–Kier alpha value is -2.15. The van der Waals surface area contributed by atoms with Crippen LogP contribution in [0.3, 0.4) is 0 Å². The van der Waals surface area contributed by atoms with Gasteiger partial charge in [0.1, 0.15) is 11.9 Å². The van der Waals surface area contributed by atoms with Crippen LogP contribution in [0, 0.1) is 6.92 Å². The molecule has 7 nitrogen and oxygen atoms in total. The molecule has 1 atom stereocenters. The SMILES string of the molecule is Cc1nnnn1CC(OC(N)=O)c1ccccc1Cl. The van der Waals surface area contributed by atoms with Gasteiger partial charge in [-0.3, -0.25) is 0 Å². The number of hydrogen-bond acceptors (Lipinski definition) is 5. The van der Waals surface area contributed by atoms with Gasteiger partial charge in [0.25, 0.3) is 0 Å². The van der Waals surface area contributed by atoms with Crippen molar-refractivity contribution in [1.82, 2.24) is 20.2 Å². The smallest absolute Gasteiger partial charge is 0.405 e. The Bertz CT molecular complexity index is 586. The van der Waals surface area contributed by atoms with Crippen molar-refractivity contribution in [3.05, 3.63) is 40.7 Å². The van der Waals surface area contributed by atoms with Gasteiger partial charge in [-0.2, -0.15) is 0 Å². The third-order valence-corrected chi connectivity index (χ3v) is 2.90. The van der Waals surface area contributed by atoms with E-state index >= 15 is 0 Å². The molecule has 0 radical (unpaired) electrons. The molecule has 1 aromatic heterocycles. The van der Waals surface area contributed by atoms with Crippen LogP contribution >= 0.6 is 11.6 Å². The summed E-state index contributed by atoms with van der Waals surface area (Å²) in [4.78, 5) is 11.0. The van der Waals surface area contributed by atoms with Gasteiger partial charge < -0.3 is 10.5 Å². The highest BCUT2D eigenvalue weighted by Crippen LogP contribution is 2.26. The van der Waals surface area contributed by atoms with Crippen LogP contribution in [-0.4, -0.2) is 26.3 Å². The number of carbonyl (C=O) groups excluding carboxylic acids is 1. The Morgan fingerprint density at radius 1 is 1.53 bits per heavy atom. The van der Waals surface area contributed by atoms with E-state index in [1.807, 2.05) is 0 Å². The normalized spacial score (nSPS) is 12.1. The van der Waals surface area contributed by atoms with Gasteiger partial charge in [0.15, 0.2) is 0 Å². The minimum atomic E-state index is -0.879. The molecule has 0 spiro atoms. The number of amides is 1. The Kier molecular flexibility index (Phi) is 3.96. The van der Waals surface area contributed by atoms with Gasteiger partial charge in [-0.1, -0.05) is 29.8 Å². The second-order valence-electron chi connectivity index (χ2n) is 3.86. The van der Waals surface area contributed by atoms with Crippen LogP contribution in [0.4, 0.5) is 4.79 Å². The molecule has 19 heavy (non-hydrogen) atoms. The first-order valence-electron chi connectivity index (χ1n) is 5.51. The fourth-order valence-electron chi connectivity index (χ4n) is 1.65. The minimum absolute atomic E-state index is 0.242. The number of nitrogens with zero attached hydrogens (tertiary/aromatic N) is 4. The van der Waals surface area contributed by atoms with Crippen molar-refractivity contribution >= 4 is 17.7 Å². The average molecular weight is 282 g/mol. The zero-order valence-electron chi connectivity index (χ0n) is 10.2. The highest BCUT2D eigenvalue weighted by Gasteiger charge is 2.20. The van der Waals surface area contributed by atoms with E-state index < -0.39 is 12.2 Å². The first kappa shape index (κ1) is 13.3. The predicted octanol–water partition coefficient (Wildman–Crippen LogP) is 1.47. The summed E-state index contributed by atoms with van der Waals surface area (Å²) in [6.45, 7) is 1.99. The van der Waals surface area contributed by atoms with Crippen LogP contribution in [0.2, 0.25) is 5.02 Å². The number of halogens is 1. The number of primary amides is 1. The number of hydrogen-bond donors (Lipinski definition) is 1. The van der Waals surface area contributed by atoms with E-state index in [1.165, 1.54) is 4.68 Å². The van der Waals surface area contributed by atoms with Crippen molar-refractivity contribution in [1.29, 1.82) is 0 Å². The van der Waals surface area contributed by atoms with Crippen molar-refractivity contribution < 1.29 is 9.53 Å². The second-order valence-corrected chi connectivity index (χ2v) is 4.26. The number of carbonyl (C=O) groups is 1. The molecule has 2 rings (SSSR count). The third-order valence-electron chi connectivity index (χ3n) is 2.56. The standard InChI is InChI=1S/C11H12ClN5O2/c1-7-14-15-16-17(7)6-10(19-11(13)18)8-4-2-3-5-9(8)12/h2-5,10H,6H2,1H3,(H2,13,18). The first-order valence-corrected chi connectivity index (χ1v) is 5.89. The molecule has 2 N–H and O–H groups in total. The van der Waals surface area contributed by atoms with Crippen molar-refractivity contribution in [2.45, 2.75) is 19.6 Å². The molecule has 0 saturated carbocycles. The fraction of sp³-hybridized carbons (Fsp3) is 0.273. The van der Waals surface area contributed by atoms with Gasteiger partial charge in [-0.15, -0.1) is 5.10 Å². The maximum absolute atomic E-state index is 11.0. The van der Waals surface area contributed by atoms with E-state index in [0.717, 1.165) is 0 Å². The second kappa shape index (κ2) is 5.66. The van der Waals surface area contributed by atoms with E-state index in [1.54, 1.807) is 31.2 Å². The summed E-state index contributed by atoms with van der Waals surface area (Å²) < 4.78 is 6.59. The zero-order chi connectivity index (χ0) is 13.8. The van der Waals surface area contributed by atoms with Gasteiger partial charge >= 0.3 is 6.09 Å². The zero-order valence-corrected chi connectivity index (χ0v) is 10.9. The van der Waals surface area contributed by atoms with Gasteiger partial charge in [0, 0.05) is 10.6 Å².